The molecule has 0 saturated carbocycles. The summed E-state index contributed by atoms with van der Waals surface area (Å²) >= 11 is 0. The summed E-state index contributed by atoms with van der Waals surface area (Å²) in [6, 6.07) is 10.2. The van der Waals surface area contributed by atoms with Gasteiger partial charge in [0.05, 0.1) is 31.2 Å². The molecule has 34 heavy (non-hydrogen) atoms. The summed E-state index contributed by atoms with van der Waals surface area (Å²) in [6.45, 7) is 9.29. The van der Waals surface area contributed by atoms with E-state index in [4.69, 9.17) is 19.7 Å². The highest BCUT2D eigenvalue weighted by molar-refractivity contribution is 5.77. The fourth-order valence-corrected chi connectivity index (χ4v) is 4.42. The van der Waals surface area contributed by atoms with Gasteiger partial charge in [-0.3, -0.25) is 9.88 Å². The van der Waals surface area contributed by atoms with E-state index < -0.39 is 0 Å². The van der Waals surface area contributed by atoms with E-state index in [-0.39, 0.29) is 6.61 Å². The van der Waals surface area contributed by atoms with Gasteiger partial charge in [-0.15, -0.1) is 0 Å². The first kappa shape index (κ1) is 22.6. The highest BCUT2D eigenvalue weighted by Gasteiger charge is 2.23. The van der Waals surface area contributed by atoms with Gasteiger partial charge in [-0.1, -0.05) is 0 Å². The summed E-state index contributed by atoms with van der Waals surface area (Å²) in [5, 5.41) is 9.26. The number of anilines is 2. The molecule has 9 nitrogen and oxygen atoms in total. The van der Waals surface area contributed by atoms with Crippen LogP contribution in [0.3, 0.4) is 0 Å². The van der Waals surface area contributed by atoms with Crippen LogP contribution < -0.4 is 9.80 Å². The Morgan fingerprint density at radius 3 is 2.44 bits per heavy atom. The molecule has 2 saturated heterocycles. The van der Waals surface area contributed by atoms with Gasteiger partial charge in [-0.05, 0) is 37.3 Å². The fourth-order valence-electron chi connectivity index (χ4n) is 4.42. The number of nitrogens with zero attached hydrogens (tertiary/aromatic N) is 7. The second-order valence-corrected chi connectivity index (χ2v) is 8.65. The standard InChI is InChI=1S/C25H31N7O2/c1-19-4-5-20(18-27-19)22-17-23(29-25(28-22)32-12-15-34-16-13-32)21-3-2-6-26-24(21)31-9-7-30(8-10-31)11-14-33/h2-6,17-18,33H,7-16H2,1H3. The maximum atomic E-state index is 9.26. The number of β-amino-alcohol motifs (C(OH)–C–C–N with tert-alkyl or cyclic N) is 1. The molecular weight excluding hydrogens is 430 g/mol. The molecule has 0 unspecified atom stereocenters. The topological polar surface area (TPSA) is 90.7 Å². The molecule has 0 bridgehead atoms. The van der Waals surface area contributed by atoms with Gasteiger partial charge >= 0.3 is 0 Å². The summed E-state index contributed by atoms with van der Waals surface area (Å²) in [7, 11) is 0. The van der Waals surface area contributed by atoms with Crippen LogP contribution in [0.2, 0.25) is 0 Å². The van der Waals surface area contributed by atoms with Crippen LogP contribution in [0.25, 0.3) is 22.5 Å². The van der Waals surface area contributed by atoms with E-state index in [9.17, 15) is 5.11 Å². The number of hydrogen-bond acceptors (Lipinski definition) is 9. The van der Waals surface area contributed by atoms with Crippen LogP contribution in [0.15, 0.2) is 42.7 Å². The van der Waals surface area contributed by atoms with E-state index >= 15 is 0 Å². The molecule has 3 aromatic rings. The average Bonchev–Trinajstić information content (AvgIpc) is 2.90. The van der Waals surface area contributed by atoms with E-state index in [2.05, 4.69) is 31.8 Å². The first-order valence-corrected chi connectivity index (χ1v) is 11.9. The Kier molecular flexibility index (Phi) is 6.94. The molecule has 0 spiro atoms. The van der Waals surface area contributed by atoms with Crippen molar-refractivity contribution in [1.82, 2.24) is 24.8 Å². The molecule has 2 fully saturated rings. The molecule has 2 aliphatic heterocycles. The van der Waals surface area contributed by atoms with Crippen LogP contribution in [0.4, 0.5) is 11.8 Å². The Labute approximate surface area is 200 Å². The van der Waals surface area contributed by atoms with Gasteiger partial charge in [0, 0.05) is 75.0 Å². The van der Waals surface area contributed by atoms with Crippen LogP contribution in [0.5, 0.6) is 0 Å². The Morgan fingerprint density at radius 2 is 1.71 bits per heavy atom. The molecule has 2 aliphatic rings. The summed E-state index contributed by atoms with van der Waals surface area (Å²) in [6.07, 6.45) is 3.71. The molecule has 1 N–H and O–H groups in total. The minimum atomic E-state index is 0.191. The molecule has 9 heteroatoms. The van der Waals surface area contributed by atoms with Gasteiger partial charge in [0.1, 0.15) is 5.82 Å². The molecule has 0 atom stereocenters. The minimum Gasteiger partial charge on any atom is -0.395 e. The number of aromatic nitrogens is 4. The van der Waals surface area contributed by atoms with Crippen molar-refractivity contribution < 1.29 is 9.84 Å². The molecule has 0 aromatic carbocycles. The van der Waals surface area contributed by atoms with Gasteiger partial charge in [0.2, 0.25) is 5.95 Å². The summed E-state index contributed by atoms with van der Waals surface area (Å²) in [4.78, 5) is 25.9. The van der Waals surface area contributed by atoms with Crippen molar-refractivity contribution in [1.29, 1.82) is 0 Å². The Hall–Kier alpha value is -3.14. The van der Waals surface area contributed by atoms with E-state index in [1.807, 2.05) is 37.5 Å². The van der Waals surface area contributed by atoms with Crippen molar-refractivity contribution in [3.63, 3.8) is 0 Å². The quantitative estimate of drug-likeness (QED) is 0.591. The highest BCUT2D eigenvalue weighted by Crippen LogP contribution is 2.32. The van der Waals surface area contributed by atoms with E-state index in [0.717, 1.165) is 73.3 Å². The third kappa shape index (κ3) is 5.01. The van der Waals surface area contributed by atoms with Crippen LogP contribution in [-0.2, 0) is 4.74 Å². The maximum absolute atomic E-state index is 9.26. The van der Waals surface area contributed by atoms with Crippen LogP contribution in [-0.4, -0.2) is 95.6 Å². The average molecular weight is 462 g/mol. The number of ether oxygens (including phenoxy) is 1. The fraction of sp³-hybridized carbons (Fsp3) is 0.440. The first-order valence-electron chi connectivity index (χ1n) is 11.9. The van der Waals surface area contributed by atoms with Crippen molar-refractivity contribution in [2.45, 2.75) is 6.92 Å². The number of aliphatic hydroxyl groups is 1. The minimum absolute atomic E-state index is 0.191. The summed E-state index contributed by atoms with van der Waals surface area (Å²) in [5.41, 5.74) is 4.64. The second kappa shape index (κ2) is 10.4. The third-order valence-corrected chi connectivity index (χ3v) is 6.37. The lowest BCUT2D eigenvalue weighted by Gasteiger charge is -2.35. The molecule has 0 radical (unpaired) electrons. The normalized spacial score (nSPS) is 17.2. The largest absolute Gasteiger partial charge is 0.395 e. The monoisotopic (exact) mass is 461 g/mol. The zero-order valence-electron chi connectivity index (χ0n) is 19.6. The number of piperazine rings is 1. The predicted molar refractivity (Wildman–Crippen MR) is 132 cm³/mol. The zero-order valence-corrected chi connectivity index (χ0v) is 19.6. The first-order chi connectivity index (χ1) is 16.7. The summed E-state index contributed by atoms with van der Waals surface area (Å²) < 4.78 is 5.55. The van der Waals surface area contributed by atoms with Gasteiger partial charge in [0.25, 0.3) is 0 Å². The van der Waals surface area contributed by atoms with Crippen molar-refractivity contribution in [2.24, 2.45) is 0 Å². The molecule has 5 heterocycles. The van der Waals surface area contributed by atoms with Gasteiger partial charge in [-0.25, -0.2) is 15.0 Å². The van der Waals surface area contributed by atoms with Crippen LogP contribution >= 0.6 is 0 Å². The third-order valence-electron chi connectivity index (χ3n) is 6.37. The van der Waals surface area contributed by atoms with Gasteiger partial charge in [-0.2, -0.15) is 0 Å². The van der Waals surface area contributed by atoms with E-state index in [0.29, 0.717) is 25.7 Å². The Balaban J connectivity index is 1.53. The van der Waals surface area contributed by atoms with Crippen molar-refractivity contribution >= 4 is 11.8 Å². The molecule has 178 valence electrons. The number of aliphatic hydroxyl groups excluding tert-OH is 1. The SMILES string of the molecule is Cc1ccc(-c2cc(-c3cccnc3N3CCN(CCO)CC3)nc(N3CCOCC3)n2)cn1. The highest BCUT2D eigenvalue weighted by atomic mass is 16.5. The van der Waals surface area contributed by atoms with Gasteiger partial charge < -0.3 is 19.6 Å². The van der Waals surface area contributed by atoms with Gasteiger partial charge in [0.15, 0.2) is 0 Å². The lowest BCUT2D eigenvalue weighted by molar-refractivity contribution is 0.122. The molecule has 0 amide bonds. The van der Waals surface area contributed by atoms with Crippen molar-refractivity contribution in [3.05, 3.63) is 48.4 Å². The van der Waals surface area contributed by atoms with Crippen LogP contribution in [0.1, 0.15) is 5.69 Å². The molecule has 0 aliphatic carbocycles. The zero-order chi connectivity index (χ0) is 23.3. The number of hydrogen-bond donors (Lipinski definition) is 1. The van der Waals surface area contributed by atoms with E-state index in [1.54, 1.807) is 0 Å². The predicted octanol–water partition coefficient (Wildman–Crippen LogP) is 1.86. The second-order valence-electron chi connectivity index (χ2n) is 8.65. The molecule has 5 rings (SSSR count). The Bertz CT molecular complexity index is 1090. The summed E-state index contributed by atoms with van der Waals surface area (Å²) in [5.74, 6) is 1.64. The lowest BCUT2D eigenvalue weighted by atomic mass is 10.1. The van der Waals surface area contributed by atoms with Crippen LogP contribution in [0, 0.1) is 6.92 Å². The smallest absolute Gasteiger partial charge is 0.226 e. The molecular formula is C25H31N7O2. The van der Waals surface area contributed by atoms with Crippen molar-refractivity contribution in [3.8, 4) is 22.5 Å². The number of rotatable bonds is 6. The maximum Gasteiger partial charge on any atom is 0.226 e. The van der Waals surface area contributed by atoms with Crippen molar-refractivity contribution in [2.75, 3.05) is 75.4 Å². The number of pyridine rings is 2. The number of aryl methyl sites for hydroxylation is 1. The molecule has 3 aromatic heterocycles. The Morgan fingerprint density at radius 1 is 0.912 bits per heavy atom. The van der Waals surface area contributed by atoms with E-state index in [1.165, 1.54) is 0 Å². The lowest BCUT2D eigenvalue weighted by Crippen LogP contribution is -2.47. The number of morpholine rings is 1.